The third kappa shape index (κ3) is 7.93. The highest BCUT2D eigenvalue weighted by Crippen LogP contribution is 2.47. The minimum atomic E-state index is -1.82. The number of esters is 1. The summed E-state index contributed by atoms with van der Waals surface area (Å²) in [6, 6.07) is -0.235. The Morgan fingerprint density at radius 1 is 0.960 bits per heavy atom. The second-order valence-electron chi connectivity index (χ2n) is 16.3. The van der Waals surface area contributed by atoms with Crippen molar-refractivity contribution in [2.75, 3.05) is 21.2 Å². The largest absolute Gasteiger partial charge is 0.489 e. The maximum atomic E-state index is 14.1. The Bertz CT molecular complexity index is 1210. The third-order valence-corrected chi connectivity index (χ3v) is 12.0. The molecule has 3 fully saturated rings. The van der Waals surface area contributed by atoms with Crippen molar-refractivity contribution in [2.24, 2.45) is 17.8 Å². The second-order valence-corrected chi connectivity index (χ2v) is 16.3. The number of carbonyl (C=O) groups is 1. The number of aliphatic hydroxyl groups excluding tert-OH is 3. The molecule has 17 atom stereocenters. The van der Waals surface area contributed by atoms with Gasteiger partial charge in [-0.3, -0.25) is 4.79 Å². The van der Waals surface area contributed by atoms with Crippen molar-refractivity contribution >= 4 is 5.97 Å². The van der Waals surface area contributed by atoms with Gasteiger partial charge in [-0.25, -0.2) is 0 Å². The molecule has 4 rings (SSSR count). The first-order valence-electron chi connectivity index (χ1n) is 18.3. The van der Waals surface area contributed by atoms with Crippen molar-refractivity contribution in [2.45, 2.75) is 179 Å². The summed E-state index contributed by atoms with van der Waals surface area (Å²) in [5.41, 5.74) is -3.00. The Morgan fingerprint density at radius 2 is 1.60 bits per heavy atom. The first-order chi connectivity index (χ1) is 23.1. The Labute approximate surface area is 298 Å². The van der Waals surface area contributed by atoms with Crippen LogP contribution in [0.15, 0.2) is 11.3 Å². The van der Waals surface area contributed by atoms with Crippen LogP contribution >= 0.6 is 0 Å². The average Bonchev–Trinajstić information content (AvgIpc) is 3.37. The van der Waals surface area contributed by atoms with E-state index in [-0.39, 0.29) is 25.0 Å². The summed E-state index contributed by atoms with van der Waals surface area (Å²) in [6.07, 6.45) is -7.39. The van der Waals surface area contributed by atoms with Crippen LogP contribution in [0.4, 0.5) is 0 Å². The topological polar surface area (TPSA) is 166 Å². The summed E-state index contributed by atoms with van der Waals surface area (Å²) in [4.78, 5) is 16.1. The first kappa shape index (κ1) is 41.4. The van der Waals surface area contributed by atoms with Crippen LogP contribution in [0.5, 0.6) is 0 Å². The fourth-order valence-electron chi connectivity index (χ4n) is 8.73. The molecule has 4 heterocycles. The molecule has 290 valence electrons. The Hall–Kier alpha value is -1.39. The van der Waals surface area contributed by atoms with E-state index in [4.69, 9.17) is 33.2 Å². The number of hydrogen-bond donors (Lipinski definition) is 4. The minimum absolute atomic E-state index is 0.173. The van der Waals surface area contributed by atoms with Crippen LogP contribution < -0.4 is 0 Å². The Balaban J connectivity index is 1.84. The highest BCUT2D eigenvalue weighted by Gasteiger charge is 2.56. The molecule has 13 nitrogen and oxygen atoms in total. The molecule has 4 N–H and O–H groups in total. The summed E-state index contributed by atoms with van der Waals surface area (Å²) in [7, 11) is 5.34. The SMILES string of the molecule is CCC1OC(=O)C(C)C(OC2CC(C)(OC)C(O)C(C)O2)C(C)C(OC2OC(C)CC(N(C)C)C2O)C2(C)CC(C)=C(O2)C(C)C(O)C1(C)O. The second kappa shape index (κ2) is 15.5. The molecular weight excluding hydrogens is 650 g/mol. The van der Waals surface area contributed by atoms with Gasteiger partial charge in [-0.15, -0.1) is 0 Å². The quantitative estimate of drug-likeness (QED) is 0.285. The van der Waals surface area contributed by atoms with Crippen molar-refractivity contribution in [1.29, 1.82) is 0 Å². The number of hydrogen-bond acceptors (Lipinski definition) is 13. The molecular formula is C37H65NO12. The van der Waals surface area contributed by atoms with Gasteiger partial charge in [-0.2, -0.15) is 0 Å². The number of aliphatic hydroxyl groups is 4. The summed E-state index contributed by atoms with van der Waals surface area (Å²) in [5, 5.41) is 45.9. The van der Waals surface area contributed by atoms with Crippen molar-refractivity contribution in [1.82, 2.24) is 4.90 Å². The zero-order valence-electron chi connectivity index (χ0n) is 32.4. The van der Waals surface area contributed by atoms with E-state index in [1.807, 2.05) is 46.7 Å². The van der Waals surface area contributed by atoms with E-state index in [0.29, 0.717) is 18.6 Å². The predicted octanol–water partition coefficient (Wildman–Crippen LogP) is 2.89. The number of ether oxygens (including phenoxy) is 7. The number of cyclic esters (lactones) is 1. The molecule has 0 radical (unpaired) electrons. The van der Waals surface area contributed by atoms with Gasteiger partial charge < -0.3 is 58.5 Å². The molecule has 0 aromatic heterocycles. The fraction of sp³-hybridized carbons (Fsp3) is 0.919. The lowest BCUT2D eigenvalue weighted by atomic mass is 9.78. The van der Waals surface area contributed by atoms with Gasteiger partial charge in [0.2, 0.25) is 0 Å². The average molecular weight is 716 g/mol. The van der Waals surface area contributed by atoms with Gasteiger partial charge in [0.1, 0.15) is 41.4 Å². The third-order valence-electron chi connectivity index (χ3n) is 12.0. The van der Waals surface area contributed by atoms with Crippen LogP contribution in [0.1, 0.15) is 94.9 Å². The van der Waals surface area contributed by atoms with Crippen LogP contribution in [0.25, 0.3) is 0 Å². The Kier molecular flexibility index (Phi) is 12.8. The molecule has 3 saturated heterocycles. The van der Waals surface area contributed by atoms with E-state index >= 15 is 0 Å². The summed E-state index contributed by atoms with van der Waals surface area (Å²) < 4.78 is 44.6. The summed E-state index contributed by atoms with van der Waals surface area (Å²) >= 11 is 0. The molecule has 0 aromatic rings. The van der Waals surface area contributed by atoms with E-state index in [1.165, 1.54) is 14.0 Å². The lowest BCUT2D eigenvalue weighted by Gasteiger charge is -2.48. The van der Waals surface area contributed by atoms with Gasteiger partial charge >= 0.3 is 5.97 Å². The van der Waals surface area contributed by atoms with Crippen molar-refractivity contribution < 1.29 is 58.4 Å². The number of methoxy groups -OCH3 is 1. The monoisotopic (exact) mass is 715 g/mol. The zero-order valence-corrected chi connectivity index (χ0v) is 32.4. The highest BCUT2D eigenvalue weighted by atomic mass is 16.7. The predicted molar refractivity (Wildman–Crippen MR) is 184 cm³/mol. The molecule has 13 heteroatoms. The molecule has 17 unspecified atom stereocenters. The normalized spacial score (nSPS) is 49.5. The van der Waals surface area contributed by atoms with Crippen LogP contribution in [-0.2, 0) is 38.0 Å². The highest BCUT2D eigenvalue weighted by molar-refractivity contribution is 5.73. The molecule has 0 amide bonds. The lowest BCUT2D eigenvalue weighted by Crippen LogP contribution is -2.60. The van der Waals surface area contributed by atoms with Crippen molar-refractivity contribution in [3.63, 3.8) is 0 Å². The number of nitrogens with zero attached hydrogens (tertiary/aromatic N) is 1. The lowest BCUT2D eigenvalue weighted by molar-refractivity contribution is -0.316. The van der Waals surface area contributed by atoms with E-state index in [9.17, 15) is 25.2 Å². The van der Waals surface area contributed by atoms with E-state index < -0.39 is 95.8 Å². The van der Waals surface area contributed by atoms with E-state index in [1.54, 1.807) is 34.6 Å². The Morgan fingerprint density at radius 3 is 2.18 bits per heavy atom. The van der Waals surface area contributed by atoms with Crippen LogP contribution in [0.3, 0.4) is 0 Å². The molecule has 4 aliphatic heterocycles. The molecule has 50 heavy (non-hydrogen) atoms. The van der Waals surface area contributed by atoms with Gasteiger partial charge in [0.15, 0.2) is 12.6 Å². The van der Waals surface area contributed by atoms with E-state index in [2.05, 4.69) is 0 Å². The van der Waals surface area contributed by atoms with Gasteiger partial charge in [-0.05, 0) is 81.0 Å². The van der Waals surface area contributed by atoms with Gasteiger partial charge in [0, 0.05) is 37.8 Å². The van der Waals surface area contributed by atoms with Crippen LogP contribution in [0.2, 0.25) is 0 Å². The fourth-order valence-corrected chi connectivity index (χ4v) is 8.73. The van der Waals surface area contributed by atoms with Gasteiger partial charge in [-0.1, -0.05) is 20.8 Å². The molecule has 0 spiro atoms. The maximum absolute atomic E-state index is 14.1. The number of carbonyl (C=O) groups excluding carboxylic acids is 1. The van der Waals surface area contributed by atoms with Crippen LogP contribution in [-0.4, -0.2) is 137 Å². The molecule has 0 aromatic carbocycles. The molecule has 0 saturated carbocycles. The first-order valence-corrected chi connectivity index (χ1v) is 18.3. The number of fused-ring (bicyclic) bond motifs is 2. The molecule has 4 aliphatic rings. The van der Waals surface area contributed by atoms with Gasteiger partial charge in [0.25, 0.3) is 0 Å². The zero-order chi connectivity index (χ0) is 37.7. The number of rotatable bonds is 7. The molecule has 2 bridgehead atoms. The standard InChI is InChI=1S/C37H65NO12/c1-14-25-37(10,43)30(40)20(4)28-18(2)16-36(9,50-28)32(49-34-27(39)24(38(11)12)15-19(3)45-34)21(5)29(22(6)33(42)47-25)48-26-17-35(8,44-13)31(41)23(7)46-26/h19-27,29-32,34,39-41,43H,14-17H2,1-13H3. The summed E-state index contributed by atoms with van der Waals surface area (Å²) in [6.45, 7) is 18.0. The maximum Gasteiger partial charge on any atom is 0.311 e. The minimum Gasteiger partial charge on any atom is -0.489 e. The summed E-state index contributed by atoms with van der Waals surface area (Å²) in [5.74, 6) is -2.31. The number of likely N-dealkylation sites (N-methyl/N-ethyl adjacent to an activating group) is 1. The van der Waals surface area contributed by atoms with Crippen molar-refractivity contribution in [3.8, 4) is 0 Å². The van der Waals surface area contributed by atoms with Gasteiger partial charge in [0.05, 0.1) is 35.9 Å². The van der Waals surface area contributed by atoms with Crippen LogP contribution in [0, 0.1) is 17.8 Å². The smallest absolute Gasteiger partial charge is 0.311 e. The molecule has 0 aliphatic carbocycles. The van der Waals surface area contributed by atoms with E-state index in [0.717, 1.165) is 5.57 Å². The van der Waals surface area contributed by atoms with Crippen molar-refractivity contribution in [3.05, 3.63) is 11.3 Å².